The van der Waals surface area contributed by atoms with Crippen LogP contribution in [0, 0.1) is 21.3 Å². The number of rotatable bonds is 0. The minimum atomic E-state index is 0. The fourth-order valence-corrected chi connectivity index (χ4v) is 0.770. The SMILES string of the molecule is C.N#CS.N#CS.c1ccccc1.c1ccccc1. The van der Waals surface area contributed by atoms with Crippen LogP contribution in [-0.4, -0.2) is 0 Å². The predicted octanol–water partition coefficient (Wildman–Crippen LogP) is 4.80. The summed E-state index contributed by atoms with van der Waals surface area (Å²) in [5.74, 6) is 0. The summed E-state index contributed by atoms with van der Waals surface area (Å²) in [6, 6.07) is 24.0. The Morgan fingerprint density at radius 1 is 0.474 bits per heavy atom. The molecule has 2 nitrogen and oxygen atoms in total. The van der Waals surface area contributed by atoms with Crippen LogP contribution in [0.2, 0.25) is 0 Å². The number of benzene rings is 2. The molecule has 19 heavy (non-hydrogen) atoms. The molecular weight excluding hydrogens is 272 g/mol. The zero-order valence-electron chi connectivity index (χ0n) is 9.72. The van der Waals surface area contributed by atoms with Gasteiger partial charge < -0.3 is 0 Å². The van der Waals surface area contributed by atoms with Crippen molar-refractivity contribution in [2.24, 2.45) is 0 Å². The average molecular weight is 290 g/mol. The highest BCUT2D eigenvalue weighted by Crippen LogP contribution is 1.80. The van der Waals surface area contributed by atoms with Crippen LogP contribution in [-0.2, 0) is 0 Å². The van der Waals surface area contributed by atoms with Gasteiger partial charge in [0.1, 0.15) is 10.8 Å². The highest BCUT2D eigenvalue weighted by molar-refractivity contribution is 7.85. The third-order valence-corrected chi connectivity index (χ3v) is 1.33. The number of thiol groups is 2. The van der Waals surface area contributed by atoms with Crippen molar-refractivity contribution >= 4 is 25.3 Å². The van der Waals surface area contributed by atoms with E-state index in [2.05, 4.69) is 25.3 Å². The molecule has 0 atom stereocenters. The van der Waals surface area contributed by atoms with Gasteiger partial charge in [0.05, 0.1) is 0 Å². The van der Waals surface area contributed by atoms with Crippen molar-refractivity contribution in [1.82, 2.24) is 0 Å². The van der Waals surface area contributed by atoms with Gasteiger partial charge in [0, 0.05) is 0 Å². The van der Waals surface area contributed by atoms with Gasteiger partial charge in [0.2, 0.25) is 0 Å². The van der Waals surface area contributed by atoms with Crippen LogP contribution in [0.4, 0.5) is 0 Å². The molecule has 0 aliphatic heterocycles. The Hall–Kier alpha value is -1.88. The van der Waals surface area contributed by atoms with E-state index < -0.39 is 0 Å². The number of thiocyanates is 2. The first-order valence-corrected chi connectivity index (χ1v) is 5.79. The standard InChI is InChI=1S/2C6H6.2CHNS.CH4/c2*1-2-4-6-5-3-1;2*2-1-3;/h2*1-6H;2*3H;1H4. The van der Waals surface area contributed by atoms with Crippen molar-refractivity contribution in [3.05, 3.63) is 72.8 Å². The Morgan fingerprint density at radius 3 is 0.579 bits per heavy atom. The van der Waals surface area contributed by atoms with Gasteiger partial charge in [-0.2, -0.15) is 10.5 Å². The summed E-state index contributed by atoms with van der Waals surface area (Å²) in [4.78, 5) is 0. The maximum atomic E-state index is 7.18. The Morgan fingerprint density at radius 2 is 0.526 bits per heavy atom. The molecule has 2 rings (SSSR count). The minimum absolute atomic E-state index is 0. The quantitative estimate of drug-likeness (QED) is 0.540. The highest BCUT2D eigenvalue weighted by Gasteiger charge is 1.58. The molecule has 2 aromatic rings. The van der Waals surface area contributed by atoms with Crippen LogP contribution in [0.15, 0.2) is 72.8 Å². The van der Waals surface area contributed by atoms with Crippen molar-refractivity contribution in [3.63, 3.8) is 0 Å². The molecule has 0 heterocycles. The molecule has 0 saturated heterocycles. The third-order valence-electron chi connectivity index (χ3n) is 1.33. The summed E-state index contributed by atoms with van der Waals surface area (Å²) in [6.45, 7) is 0. The van der Waals surface area contributed by atoms with Crippen LogP contribution in [0.1, 0.15) is 7.43 Å². The van der Waals surface area contributed by atoms with Crippen LogP contribution < -0.4 is 0 Å². The third kappa shape index (κ3) is 31.4. The summed E-state index contributed by atoms with van der Waals surface area (Å²) in [5, 5.41) is 17.3. The summed E-state index contributed by atoms with van der Waals surface area (Å²) < 4.78 is 0. The van der Waals surface area contributed by atoms with E-state index in [1.54, 1.807) is 0 Å². The Kier molecular flexibility index (Phi) is 29.5. The number of hydrogen-bond donors (Lipinski definition) is 2. The van der Waals surface area contributed by atoms with E-state index >= 15 is 0 Å². The molecule has 0 saturated carbocycles. The van der Waals surface area contributed by atoms with E-state index in [-0.39, 0.29) is 7.43 Å². The molecule has 0 fully saturated rings. The van der Waals surface area contributed by atoms with Gasteiger partial charge in [-0.15, -0.1) is 0 Å². The van der Waals surface area contributed by atoms with E-state index in [1.165, 1.54) is 10.8 Å². The minimum Gasteiger partial charge on any atom is -0.185 e. The van der Waals surface area contributed by atoms with Crippen molar-refractivity contribution in [3.8, 4) is 10.8 Å². The normalized spacial score (nSPS) is 5.89. The molecule has 4 heteroatoms. The predicted molar refractivity (Wildman–Crippen MR) is 88.8 cm³/mol. The lowest BCUT2D eigenvalue weighted by atomic mass is 10.4. The van der Waals surface area contributed by atoms with Crippen molar-refractivity contribution in [2.75, 3.05) is 0 Å². The molecule has 0 aliphatic carbocycles. The topological polar surface area (TPSA) is 47.6 Å². The molecule has 0 spiro atoms. The van der Waals surface area contributed by atoms with Crippen LogP contribution in [0.25, 0.3) is 0 Å². The maximum Gasteiger partial charge on any atom is 0.130 e. The second-order valence-electron chi connectivity index (χ2n) is 2.51. The summed E-state index contributed by atoms with van der Waals surface area (Å²) in [6.07, 6.45) is 0. The first kappa shape index (κ1) is 22.3. The fourth-order valence-electron chi connectivity index (χ4n) is 0.770. The van der Waals surface area contributed by atoms with E-state index in [4.69, 9.17) is 10.5 Å². The molecule has 0 aromatic heterocycles. The molecule has 0 amide bonds. The van der Waals surface area contributed by atoms with Gasteiger partial charge in [-0.1, -0.05) is 105 Å². The van der Waals surface area contributed by atoms with Crippen molar-refractivity contribution < 1.29 is 0 Å². The Labute approximate surface area is 127 Å². The number of nitrogens with zero attached hydrogens (tertiary/aromatic N) is 2. The van der Waals surface area contributed by atoms with Crippen molar-refractivity contribution in [2.45, 2.75) is 7.43 Å². The lowest BCUT2D eigenvalue weighted by Gasteiger charge is -1.69. The molecule has 0 N–H and O–H groups in total. The lowest BCUT2D eigenvalue weighted by Crippen LogP contribution is -1.47. The summed E-state index contributed by atoms with van der Waals surface area (Å²) in [7, 11) is 0. The van der Waals surface area contributed by atoms with Gasteiger partial charge in [0.15, 0.2) is 0 Å². The fraction of sp³-hybridized carbons (Fsp3) is 0.0667. The zero-order valence-corrected chi connectivity index (χ0v) is 11.5. The van der Waals surface area contributed by atoms with Gasteiger partial charge in [0.25, 0.3) is 0 Å². The molecule has 2 aromatic carbocycles. The maximum absolute atomic E-state index is 7.18. The second-order valence-corrected chi connectivity index (χ2v) is 2.91. The van der Waals surface area contributed by atoms with E-state index in [9.17, 15) is 0 Å². The molecule has 100 valence electrons. The summed E-state index contributed by atoms with van der Waals surface area (Å²) in [5.41, 5.74) is 0. The van der Waals surface area contributed by atoms with Gasteiger partial charge in [-0.25, -0.2) is 0 Å². The first-order chi connectivity index (χ1) is 8.83. The molecular formula is C15H18N2S2. The van der Waals surface area contributed by atoms with E-state index in [0.29, 0.717) is 0 Å². The molecule has 0 aliphatic rings. The summed E-state index contributed by atoms with van der Waals surface area (Å²) >= 11 is 6.19. The molecule has 0 bridgehead atoms. The van der Waals surface area contributed by atoms with Gasteiger partial charge >= 0.3 is 0 Å². The molecule has 0 unspecified atom stereocenters. The second kappa shape index (κ2) is 25.1. The van der Waals surface area contributed by atoms with E-state index in [1.807, 2.05) is 72.8 Å². The smallest absolute Gasteiger partial charge is 0.130 e. The number of nitriles is 2. The first-order valence-electron chi connectivity index (χ1n) is 4.89. The zero-order chi connectivity index (χ0) is 13.9. The van der Waals surface area contributed by atoms with Crippen molar-refractivity contribution in [1.29, 1.82) is 10.5 Å². The highest BCUT2D eigenvalue weighted by atomic mass is 32.1. The van der Waals surface area contributed by atoms with Gasteiger partial charge in [-0.05, 0) is 0 Å². The van der Waals surface area contributed by atoms with Crippen LogP contribution >= 0.6 is 25.3 Å². The molecule has 0 radical (unpaired) electrons. The van der Waals surface area contributed by atoms with Crippen LogP contribution in [0.3, 0.4) is 0 Å². The van der Waals surface area contributed by atoms with Gasteiger partial charge in [-0.3, -0.25) is 0 Å². The monoisotopic (exact) mass is 290 g/mol. The van der Waals surface area contributed by atoms with E-state index in [0.717, 1.165) is 0 Å². The van der Waals surface area contributed by atoms with Crippen LogP contribution in [0.5, 0.6) is 0 Å². The number of hydrogen-bond acceptors (Lipinski definition) is 4. The average Bonchev–Trinajstić information content (AvgIpc) is 2.45. The lowest BCUT2D eigenvalue weighted by molar-refractivity contribution is 1.57. The Bertz CT molecular complexity index is 322. The largest absolute Gasteiger partial charge is 0.185 e. The Balaban J connectivity index is -0.000000188.